The van der Waals surface area contributed by atoms with E-state index in [9.17, 15) is 14.7 Å². The molecule has 2 N–H and O–H groups in total. The van der Waals surface area contributed by atoms with Crippen molar-refractivity contribution in [1.82, 2.24) is 15.1 Å². The summed E-state index contributed by atoms with van der Waals surface area (Å²) < 4.78 is 1.18. The Morgan fingerprint density at radius 1 is 1.37 bits per heavy atom. The molecule has 0 spiro atoms. The summed E-state index contributed by atoms with van der Waals surface area (Å²) in [5.41, 5.74) is 2.30. The van der Waals surface area contributed by atoms with Crippen LogP contribution < -0.4 is 10.9 Å². The highest BCUT2D eigenvalue weighted by atomic mass is 16.3. The third-order valence-corrected chi connectivity index (χ3v) is 4.30. The molecule has 0 saturated heterocycles. The number of aryl methyl sites for hydroxylation is 1. The zero-order valence-electron chi connectivity index (χ0n) is 15.9. The number of hydrogen-bond acceptors (Lipinski definition) is 4. The molecule has 1 aromatic carbocycles. The smallest absolute Gasteiger partial charge is 0.284 e. The maximum absolute atomic E-state index is 12.9. The zero-order chi connectivity index (χ0) is 20.0. The molecule has 2 aromatic rings. The first-order valence-electron chi connectivity index (χ1n) is 8.87. The van der Waals surface area contributed by atoms with Gasteiger partial charge in [-0.2, -0.15) is 9.78 Å². The van der Waals surface area contributed by atoms with Crippen LogP contribution >= 0.6 is 0 Å². The Morgan fingerprint density at radius 2 is 2.04 bits per heavy atom. The minimum absolute atomic E-state index is 0.0336. The first-order valence-corrected chi connectivity index (χ1v) is 8.87. The maximum Gasteiger partial charge on any atom is 0.284 e. The van der Waals surface area contributed by atoms with Gasteiger partial charge in [0, 0.05) is 5.56 Å². The predicted octanol–water partition coefficient (Wildman–Crippen LogP) is 2.77. The van der Waals surface area contributed by atoms with Crippen molar-refractivity contribution in [1.29, 1.82) is 0 Å². The van der Waals surface area contributed by atoms with Crippen LogP contribution in [0.4, 0.5) is 0 Å². The highest BCUT2D eigenvalue weighted by Gasteiger charge is 2.19. The quantitative estimate of drug-likeness (QED) is 0.737. The van der Waals surface area contributed by atoms with Crippen LogP contribution in [0.25, 0.3) is 17.0 Å². The Kier molecular flexibility index (Phi) is 6.85. The van der Waals surface area contributed by atoms with E-state index in [0.717, 1.165) is 11.1 Å². The number of aliphatic hydroxyl groups is 1. The van der Waals surface area contributed by atoms with E-state index >= 15 is 0 Å². The molecule has 2 rings (SSSR count). The average Bonchev–Trinajstić information content (AvgIpc) is 2.68. The lowest BCUT2D eigenvalue weighted by Gasteiger charge is -2.15. The number of amides is 1. The van der Waals surface area contributed by atoms with Crippen molar-refractivity contribution < 1.29 is 9.90 Å². The lowest BCUT2D eigenvalue weighted by molar-refractivity contribution is 0.0913. The molecular weight excluding hydrogens is 342 g/mol. The van der Waals surface area contributed by atoms with Crippen molar-refractivity contribution in [3.63, 3.8) is 0 Å². The summed E-state index contributed by atoms with van der Waals surface area (Å²) in [6.07, 6.45) is 3.77. The average molecular weight is 367 g/mol. The van der Waals surface area contributed by atoms with Crippen LogP contribution in [-0.2, 0) is 0 Å². The van der Waals surface area contributed by atoms with Gasteiger partial charge in [-0.25, -0.2) is 0 Å². The van der Waals surface area contributed by atoms with Crippen LogP contribution in [0, 0.1) is 6.92 Å². The fourth-order valence-corrected chi connectivity index (χ4v) is 2.56. The number of benzene rings is 1. The van der Waals surface area contributed by atoms with Crippen molar-refractivity contribution >= 4 is 11.6 Å². The largest absolute Gasteiger partial charge is 0.394 e. The number of nitrogens with one attached hydrogen (secondary N) is 1. The van der Waals surface area contributed by atoms with Crippen LogP contribution in [0.3, 0.4) is 0 Å². The van der Waals surface area contributed by atoms with Gasteiger partial charge >= 0.3 is 0 Å². The van der Waals surface area contributed by atoms with Gasteiger partial charge in [-0.3, -0.25) is 9.59 Å². The topological polar surface area (TPSA) is 84.2 Å². The summed E-state index contributed by atoms with van der Waals surface area (Å²) in [4.78, 5) is 25.5. The number of aromatic nitrogens is 2. The van der Waals surface area contributed by atoms with Crippen LogP contribution in [0.2, 0.25) is 0 Å². The molecule has 6 heteroatoms. The van der Waals surface area contributed by atoms with Crippen LogP contribution in [-0.4, -0.2) is 33.4 Å². The molecule has 6 nitrogen and oxygen atoms in total. The van der Waals surface area contributed by atoms with Crippen molar-refractivity contribution in [2.75, 3.05) is 6.61 Å². The molecule has 1 amide bonds. The van der Waals surface area contributed by atoms with Gasteiger partial charge < -0.3 is 10.4 Å². The SMILES string of the molecule is C=C/C(=C\C)n1nc(-c2ccc(C)cc2)cc(C(=O)NC(CC)CO)c1=O. The number of aliphatic hydroxyl groups excluding tert-OH is 1. The van der Waals surface area contributed by atoms with Crippen molar-refractivity contribution in [3.05, 3.63) is 70.5 Å². The number of carbonyl (C=O) groups is 1. The molecule has 0 bridgehead atoms. The lowest BCUT2D eigenvalue weighted by Crippen LogP contribution is -2.40. The van der Waals surface area contributed by atoms with E-state index in [2.05, 4.69) is 17.0 Å². The summed E-state index contributed by atoms with van der Waals surface area (Å²) >= 11 is 0. The van der Waals surface area contributed by atoms with E-state index < -0.39 is 17.5 Å². The van der Waals surface area contributed by atoms with E-state index in [1.807, 2.05) is 38.1 Å². The molecule has 1 unspecified atom stereocenters. The minimum Gasteiger partial charge on any atom is -0.394 e. The molecule has 0 fully saturated rings. The first kappa shape index (κ1) is 20.3. The Hall–Kier alpha value is -2.99. The molecule has 142 valence electrons. The molecule has 0 saturated carbocycles. The van der Waals surface area contributed by atoms with Gasteiger partial charge in [-0.15, -0.1) is 0 Å². The monoisotopic (exact) mass is 367 g/mol. The molecule has 0 radical (unpaired) electrons. The summed E-state index contributed by atoms with van der Waals surface area (Å²) in [7, 11) is 0. The molecular formula is C21H25N3O3. The Balaban J connectivity index is 2.64. The van der Waals surface area contributed by atoms with Gasteiger partial charge in [0.25, 0.3) is 11.5 Å². The molecule has 0 aliphatic rings. The van der Waals surface area contributed by atoms with E-state index in [0.29, 0.717) is 17.8 Å². The number of rotatable bonds is 7. The van der Waals surface area contributed by atoms with Gasteiger partial charge in [0.2, 0.25) is 0 Å². The maximum atomic E-state index is 12.9. The van der Waals surface area contributed by atoms with Gasteiger partial charge in [0.1, 0.15) is 5.56 Å². The van der Waals surface area contributed by atoms with Crippen molar-refractivity contribution in [3.8, 4) is 11.3 Å². The second-order valence-electron chi connectivity index (χ2n) is 6.21. The zero-order valence-corrected chi connectivity index (χ0v) is 15.9. The van der Waals surface area contributed by atoms with Crippen LogP contribution in [0.1, 0.15) is 36.2 Å². The lowest BCUT2D eigenvalue weighted by atomic mass is 10.1. The third kappa shape index (κ3) is 4.60. The summed E-state index contributed by atoms with van der Waals surface area (Å²) in [5.74, 6) is -0.537. The summed E-state index contributed by atoms with van der Waals surface area (Å²) in [5, 5.41) is 16.4. The normalized spacial score (nSPS) is 12.5. The van der Waals surface area contributed by atoms with Gasteiger partial charge in [-0.1, -0.05) is 49.4 Å². The van der Waals surface area contributed by atoms with E-state index in [1.165, 1.54) is 16.8 Å². The van der Waals surface area contributed by atoms with E-state index in [1.54, 1.807) is 13.0 Å². The highest BCUT2D eigenvalue weighted by molar-refractivity contribution is 5.95. The molecule has 0 aliphatic heterocycles. The second-order valence-corrected chi connectivity index (χ2v) is 6.21. The van der Waals surface area contributed by atoms with Crippen molar-refractivity contribution in [2.24, 2.45) is 0 Å². The van der Waals surface area contributed by atoms with E-state index in [-0.39, 0.29) is 12.2 Å². The second kappa shape index (κ2) is 9.09. The third-order valence-electron chi connectivity index (χ3n) is 4.30. The summed E-state index contributed by atoms with van der Waals surface area (Å²) in [6.45, 7) is 9.11. The Bertz CT molecular complexity index is 907. The molecule has 1 atom stereocenters. The Morgan fingerprint density at radius 3 is 2.56 bits per heavy atom. The molecule has 27 heavy (non-hydrogen) atoms. The fourth-order valence-electron chi connectivity index (χ4n) is 2.56. The number of carbonyl (C=O) groups excluding carboxylic acids is 1. The molecule has 1 aromatic heterocycles. The molecule has 0 aliphatic carbocycles. The standard InChI is InChI=1S/C21H25N3O3/c1-5-16(13-25)22-20(26)18-12-19(15-10-8-14(4)9-11-15)23-24(21(18)27)17(6-2)7-3/h6-12,16,25H,2,5,13H2,1,3-4H3,(H,22,26)/b17-7+. The first-order chi connectivity index (χ1) is 12.9. The van der Waals surface area contributed by atoms with Crippen LogP contribution in [0.15, 0.2) is 53.9 Å². The number of hydrogen-bond donors (Lipinski definition) is 2. The van der Waals surface area contributed by atoms with Crippen molar-refractivity contribution in [2.45, 2.75) is 33.2 Å². The van der Waals surface area contributed by atoms with E-state index in [4.69, 9.17) is 0 Å². The molecule has 1 heterocycles. The minimum atomic E-state index is -0.538. The highest BCUT2D eigenvalue weighted by Crippen LogP contribution is 2.18. The number of allylic oxidation sites excluding steroid dienone is 3. The Labute approximate surface area is 158 Å². The van der Waals surface area contributed by atoms with Gasteiger partial charge in [0.05, 0.1) is 24.0 Å². The predicted molar refractivity (Wildman–Crippen MR) is 107 cm³/mol. The van der Waals surface area contributed by atoms with Gasteiger partial charge in [-0.05, 0) is 32.4 Å². The summed E-state index contributed by atoms with van der Waals surface area (Å²) in [6, 6.07) is 8.73. The van der Waals surface area contributed by atoms with Gasteiger partial charge in [0.15, 0.2) is 0 Å². The number of nitrogens with zero attached hydrogens (tertiary/aromatic N) is 2. The van der Waals surface area contributed by atoms with Crippen LogP contribution in [0.5, 0.6) is 0 Å². The fraction of sp³-hybridized carbons (Fsp3) is 0.286.